The minimum Gasteiger partial charge on any atom is -0.341 e. The lowest BCUT2D eigenvalue weighted by molar-refractivity contribution is -0.149. The van der Waals surface area contributed by atoms with Crippen molar-refractivity contribution < 1.29 is 9.59 Å². The largest absolute Gasteiger partial charge is 0.341 e. The SMILES string of the molecule is CS[C@@H]1CC[C@H](N(C)C(=O)[C@@H]2CCCCN2C(=O)[C@H]2C[C@H]2C)C1. The Morgan fingerprint density at radius 2 is 1.87 bits per heavy atom. The van der Waals surface area contributed by atoms with Crippen LogP contribution in [-0.4, -0.2) is 58.8 Å². The summed E-state index contributed by atoms with van der Waals surface area (Å²) in [6.45, 7) is 2.90. The monoisotopic (exact) mass is 338 g/mol. The van der Waals surface area contributed by atoms with Gasteiger partial charge < -0.3 is 9.80 Å². The smallest absolute Gasteiger partial charge is 0.245 e. The van der Waals surface area contributed by atoms with E-state index >= 15 is 0 Å². The molecule has 3 fully saturated rings. The molecular weight excluding hydrogens is 308 g/mol. The number of likely N-dealkylation sites (tertiary alicyclic amines) is 1. The summed E-state index contributed by atoms with van der Waals surface area (Å²) in [5, 5.41) is 0.687. The Kier molecular flexibility index (Phi) is 5.24. The number of carbonyl (C=O) groups is 2. The summed E-state index contributed by atoms with van der Waals surface area (Å²) >= 11 is 1.92. The van der Waals surface area contributed by atoms with Gasteiger partial charge in [-0.2, -0.15) is 11.8 Å². The van der Waals surface area contributed by atoms with Crippen LogP contribution in [0.25, 0.3) is 0 Å². The Hall–Kier alpha value is -0.710. The fourth-order valence-electron chi connectivity index (χ4n) is 4.23. The number of piperidine rings is 1. The van der Waals surface area contributed by atoms with Gasteiger partial charge >= 0.3 is 0 Å². The van der Waals surface area contributed by atoms with Gasteiger partial charge in [-0.25, -0.2) is 0 Å². The second-order valence-electron chi connectivity index (χ2n) is 7.64. The Morgan fingerprint density at radius 3 is 2.48 bits per heavy atom. The Balaban J connectivity index is 1.65. The molecule has 0 aromatic heterocycles. The Morgan fingerprint density at radius 1 is 1.13 bits per heavy atom. The molecule has 5 heteroatoms. The first-order valence-electron chi connectivity index (χ1n) is 9.13. The molecule has 23 heavy (non-hydrogen) atoms. The summed E-state index contributed by atoms with van der Waals surface area (Å²) in [5.41, 5.74) is 0. The van der Waals surface area contributed by atoms with E-state index in [0.717, 1.165) is 45.1 Å². The summed E-state index contributed by atoms with van der Waals surface area (Å²) in [7, 11) is 1.95. The number of thioether (sulfide) groups is 1. The van der Waals surface area contributed by atoms with Crippen LogP contribution in [0.1, 0.15) is 51.9 Å². The van der Waals surface area contributed by atoms with Gasteiger partial charge in [0.05, 0.1) is 0 Å². The molecule has 0 unspecified atom stereocenters. The minimum absolute atomic E-state index is 0.179. The van der Waals surface area contributed by atoms with Gasteiger partial charge in [0.25, 0.3) is 0 Å². The number of carbonyl (C=O) groups excluding carboxylic acids is 2. The third-order valence-corrected chi connectivity index (χ3v) is 7.18. The maximum absolute atomic E-state index is 13.0. The summed E-state index contributed by atoms with van der Waals surface area (Å²) in [4.78, 5) is 29.6. The molecule has 4 nitrogen and oxygen atoms in total. The summed E-state index contributed by atoms with van der Waals surface area (Å²) in [6, 6.07) is 0.154. The standard InChI is InChI=1S/C18H30N2O2S/c1-12-10-15(12)17(21)20-9-5-4-6-16(20)18(22)19(2)13-7-8-14(11-13)23-3/h12-16H,4-11H2,1-3H3/t12-,13+,14-,15+,16+/m1/s1. The molecule has 1 saturated heterocycles. The van der Waals surface area contributed by atoms with Gasteiger partial charge in [0.15, 0.2) is 0 Å². The molecule has 0 radical (unpaired) electrons. The quantitative estimate of drug-likeness (QED) is 0.791. The molecule has 2 aliphatic carbocycles. The van der Waals surface area contributed by atoms with Crippen LogP contribution in [-0.2, 0) is 9.59 Å². The topological polar surface area (TPSA) is 40.6 Å². The molecule has 130 valence electrons. The first kappa shape index (κ1) is 17.1. The number of hydrogen-bond donors (Lipinski definition) is 0. The van der Waals surface area contributed by atoms with E-state index in [1.807, 2.05) is 28.6 Å². The third-order valence-electron chi connectivity index (χ3n) is 6.08. The molecule has 3 rings (SSSR count). The van der Waals surface area contributed by atoms with E-state index in [1.165, 1.54) is 6.42 Å². The zero-order valence-electron chi connectivity index (χ0n) is 14.7. The number of nitrogens with zero attached hydrogens (tertiary/aromatic N) is 2. The van der Waals surface area contributed by atoms with E-state index < -0.39 is 0 Å². The number of rotatable bonds is 4. The van der Waals surface area contributed by atoms with Gasteiger partial charge in [0.2, 0.25) is 11.8 Å². The Labute approximate surface area is 144 Å². The van der Waals surface area contributed by atoms with E-state index in [-0.39, 0.29) is 23.8 Å². The van der Waals surface area contributed by atoms with Crippen molar-refractivity contribution in [2.75, 3.05) is 19.8 Å². The molecule has 0 aromatic carbocycles. The van der Waals surface area contributed by atoms with E-state index in [2.05, 4.69) is 13.2 Å². The highest BCUT2D eigenvalue weighted by atomic mass is 32.2. The lowest BCUT2D eigenvalue weighted by Crippen LogP contribution is -2.54. The molecular formula is C18H30N2O2S. The third kappa shape index (κ3) is 3.54. The lowest BCUT2D eigenvalue weighted by atomic mass is 9.99. The van der Waals surface area contributed by atoms with Crippen molar-refractivity contribution in [2.24, 2.45) is 11.8 Å². The van der Waals surface area contributed by atoms with Crippen LogP contribution in [0.4, 0.5) is 0 Å². The summed E-state index contributed by atoms with van der Waals surface area (Å²) < 4.78 is 0. The van der Waals surface area contributed by atoms with Crippen LogP contribution >= 0.6 is 11.8 Å². The molecule has 3 aliphatic rings. The number of hydrogen-bond acceptors (Lipinski definition) is 3. The van der Waals surface area contributed by atoms with Crippen molar-refractivity contribution in [3.8, 4) is 0 Å². The Bertz CT molecular complexity index is 470. The van der Waals surface area contributed by atoms with E-state index in [4.69, 9.17) is 0 Å². The molecule has 1 heterocycles. The van der Waals surface area contributed by atoms with Gasteiger partial charge in [0.1, 0.15) is 6.04 Å². The van der Waals surface area contributed by atoms with Crippen LogP contribution in [0.5, 0.6) is 0 Å². The minimum atomic E-state index is -0.206. The van der Waals surface area contributed by atoms with E-state index in [0.29, 0.717) is 17.2 Å². The average Bonchev–Trinajstić information content (AvgIpc) is 3.12. The van der Waals surface area contributed by atoms with Gasteiger partial charge in [-0.3, -0.25) is 9.59 Å². The van der Waals surface area contributed by atoms with Crippen LogP contribution in [0.15, 0.2) is 0 Å². The number of amides is 2. The van der Waals surface area contributed by atoms with Crippen LogP contribution in [0.2, 0.25) is 0 Å². The van der Waals surface area contributed by atoms with Crippen molar-refractivity contribution in [1.82, 2.24) is 9.80 Å². The molecule has 0 spiro atoms. The fourth-order valence-corrected chi connectivity index (χ4v) is 5.02. The van der Waals surface area contributed by atoms with Crippen molar-refractivity contribution in [3.63, 3.8) is 0 Å². The van der Waals surface area contributed by atoms with Crippen molar-refractivity contribution in [1.29, 1.82) is 0 Å². The van der Waals surface area contributed by atoms with Crippen molar-refractivity contribution in [2.45, 2.75) is 69.2 Å². The van der Waals surface area contributed by atoms with Gasteiger partial charge in [-0.1, -0.05) is 6.92 Å². The molecule has 1 aliphatic heterocycles. The van der Waals surface area contributed by atoms with E-state index in [1.54, 1.807) is 0 Å². The first-order valence-corrected chi connectivity index (χ1v) is 10.4. The molecule has 0 N–H and O–H groups in total. The fraction of sp³-hybridized carbons (Fsp3) is 0.889. The maximum Gasteiger partial charge on any atom is 0.245 e. The zero-order chi connectivity index (χ0) is 16.6. The van der Waals surface area contributed by atoms with Crippen molar-refractivity contribution >= 4 is 23.6 Å². The molecule has 5 atom stereocenters. The molecule has 2 saturated carbocycles. The highest BCUT2D eigenvalue weighted by Gasteiger charge is 2.45. The van der Waals surface area contributed by atoms with Crippen molar-refractivity contribution in [3.05, 3.63) is 0 Å². The van der Waals surface area contributed by atoms with Crippen LogP contribution < -0.4 is 0 Å². The highest BCUT2D eigenvalue weighted by molar-refractivity contribution is 7.99. The average molecular weight is 339 g/mol. The van der Waals surface area contributed by atoms with Crippen LogP contribution in [0.3, 0.4) is 0 Å². The second kappa shape index (κ2) is 7.04. The highest BCUT2D eigenvalue weighted by Crippen LogP contribution is 2.40. The summed E-state index contributed by atoms with van der Waals surface area (Å²) in [5.74, 6) is 1.10. The molecule has 0 bridgehead atoms. The second-order valence-corrected chi connectivity index (χ2v) is 8.77. The predicted octanol–water partition coefficient (Wildman–Crippen LogP) is 2.77. The zero-order valence-corrected chi connectivity index (χ0v) is 15.5. The number of likely N-dealkylation sites (N-methyl/N-ethyl adjacent to an activating group) is 1. The molecule has 0 aromatic rings. The maximum atomic E-state index is 13.0. The van der Waals surface area contributed by atoms with E-state index in [9.17, 15) is 9.59 Å². The predicted molar refractivity (Wildman–Crippen MR) is 94.3 cm³/mol. The normalized spacial score (nSPS) is 36.8. The van der Waals surface area contributed by atoms with Gasteiger partial charge in [-0.15, -0.1) is 0 Å². The van der Waals surface area contributed by atoms with Crippen LogP contribution in [0, 0.1) is 11.8 Å². The summed E-state index contributed by atoms with van der Waals surface area (Å²) in [6.07, 6.45) is 9.52. The van der Waals surface area contributed by atoms with Gasteiger partial charge in [0, 0.05) is 30.8 Å². The van der Waals surface area contributed by atoms with Gasteiger partial charge in [-0.05, 0) is 57.1 Å². The lowest BCUT2D eigenvalue weighted by Gasteiger charge is -2.38. The molecule has 2 amide bonds. The first-order chi connectivity index (χ1) is 11.0.